The first-order valence-electron chi connectivity index (χ1n) is 6.18. The second-order valence-electron chi connectivity index (χ2n) is 4.99. The molecule has 6 heteroatoms. The number of piperidine rings is 1. The van der Waals surface area contributed by atoms with Crippen LogP contribution in [-0.4, -0.2) is 28.0 Å². The molecule has 1 aromatic heterocycles. The Kier molecular flexibility index (Phi) is 3.66. The van der Waals surface area contributed by atoms with Gasteiger partial charge in [-0.15, -0.1) is 0 Å². The molecule has 1 aromatic rings. The van der Waals surface area contributed by atoms with Crippen molar-refractivity contribution in [2.24, 2.45) is 7.05 Å². The van der Waals surface area contributed by atoms with Crippen molar-refractivity contribution in [2.45, 2.75) is 50.9 Å². The molecule has 1 saturated heterocycles. The zero-order valence-electron chi connectivity index (χ0n) is 10.6. The molecule has 0 radical (unpaired) electrons. The van der Waals surface area contributed by atoms with E-state index in [1.807, 2.05) is 20.0 Å². The van der Waals surface area contributed by atoms with Crippen LogP contribution in [0.4, 0.5) is 13.2 Å². The van der Waals surface area contributed by atoms with E-state index in [9.17, 15) is 13.2 Å². The average Bonchev–Trinajstić information content (AvgIpc) is 2.56. The van der Waals surface area contributed by atoms with Crippen molar-refractivity contribution in [1.29, 1.82) is 0 Å². The molecule has 1 N–H and O–H groups in total. The van der Waals surface area contributed by atoms with Gasteiger partial charge in [0.05, 0.1) is 5.69 Å². The van der Waals surface area contributed by atoms with Crippen LogP contribution in [0, 0.1) is 6.92 Å². The van der Waals surface area contributed by atoms with E-state index in [2.05, 4.69) is 10.4 Å². The summed E-state index contributed by atoms with van der Waals surface area (Å²) in [6.07, 6.45) is -1.94. The fraction of sp³-hybridized carbons (Fsp3) is 0.750. The summed E-state index contributed by atoms with van der Waals surface area (Å²) < 4.78 is 39.7. The Morgan fingerprint density at radius 3 is 2.72 bits per heavy atom. The number of nitrogens with one attached hydrogen (secondary N) is 1. The van der Waals surface area contributed by atoms with Gasteiger partial charge in [-0.1, -0.05) is 0 Å². The van der Waals surface area contributed by atoms with Crippen molar-refractivity contribution < 1.29 is 13.2 Å². The van der Waals surface area contributed by atoms with Crippen LogP contribution in [0.25, 0.3) is 0 Å². The molecule has 2 rings (SSSR count). The third kappa shape index (κ3) is 3.04. The standard InChI is InChI=1S/C12H18F3N3/c1-8-6-10(18(2)17-8)7-9-4-3-5-11(16-9)12(13,14)15/h6,9,11,16H,3-5,7H2,1-2H3. The minimum atomic E-state index is -4.14. The monoisotopic (exact) mass is 261 g/mol. The Hall–Kier alpha value is -1.04. The second-order valence-corrected chi connectivity index (χ2v) is 4.99. The summed E-state index contributed by atoms with van der Waals surface area (Å²) in [6, 6.07) is 0.463. The van der Waals surface area contributed by atoms with Crippen LogP contribution in [0.3, 0.4) is 0 Å². The molecule has 2 heterocycles. The first-order chi connectivity index (χ1) is 8.36. The molecule has 1 aliphatic rings. The summed E-state index contributed by atoms with van der Waals surface area (Å²) in [6.45, 7) is 1.89. The Bertz CT molecular complexity index is 411. The van der Waals surface area contributed by atoms with Crippen LogP contribution >= 0.6 is 0 Å². The predicted octanol–water partition coefficient (Wildman–Crippen LogP) is 2.34. The smallest absolute Gasteiger partial charge is 0.303 e. The van der Waals surface area contributed by atoms with E-state index in [0.29, 0.717) is 12.8 Å². The molecule has 1 fully saturated rings. The molecule has 0 spiro atoms. The highest BCUT2D eigenvalue weighted by atomic mass is 19.4. The molecule has 1 aliphatic heterocycles. The summed E-state index contributed by atoms with van der Waals surface area (Å²) >= 11 is 0. The number of aromatic nitrogens is 2. The summed E-state index contributed by atoms with van der Waals surface area (Å²) in [5.41, 5.74) is 1.88. The number of nitrogens with zero attached hydrogens (tertiary/aromatic N) is 2. The van der Waals surface area contributed by atoms with E-state index in [-0.39, 0.29) is 12.5 Å². The molecular formula is C12H18F3N3. The Balaban J connectivity index is 2.00. The van der Waals surface area contributed by atoms with E-state index in [1.165, 1.54) is 0 Å². The van der Waals surface area contributed by atoms with Gasteiger partial charge in [0.2, 0.25) is 0 Å². The van der Waals surface area contributed by atoms with Crippen LogP contribution in [0.15, 0.2) is 6.07 Å². The van der Waals surface area contributed by atoms with Gasteiger partial charge in [0, 0.05) is 25.2 Å². The van der Waals surface area contributed by atoms with Crippen molar-refractivity contribution in [3.63, 3.8) is 0 Å². The molecular weight excluding hydrogens is 243 g/mol. The van der Waals surface area contributed by atoms with Gasteiger partial charge in [-0.25, -0.2) is 0 Å². The first kappa shape index (κ1) is 13.4. The van der Waals surface area contributed by atoms with Crippen LogP contribution in [-0.2, 0) is 13.5 Å². The number of hydrogen-bond donors (Lipinski definition) is 1. The molecule has 2 atom stereocenters. The van der Waals surface area contributed by atoms with E-state index >= 15 is 0 Å². The van der Waals surface area contributed by atoms with Crippen LogP contribution in [0.2, 0.25) is 0 Å². The van der Waals surface area contributed by atoms with Gasteiger partial charge in [0.15, 0.2) is 0 Å². The van der Waals surface area contributed by atoms with Crippen LogP contribution in [0.1, 0.15) is 30.7 Å². The van der Waals surface area contributed by atoms with Crippen LogP contribution in [0.5, 0.6) is 0 Å². The van der Waals surface area contributed by atoms with Crippen molar-refractivity contribution in [1.82, 2.24) is 15.1 Å². The minimum Gasteiger partial charge on any atom is -0.303 e. The number of halogens is 3. The third-order valence-electron chi connectivity index (χ3n) is 3.43. The number of aryl methyl sites for hydroxylation is 2. The molecule has 18 heavy (non-hydrogen) atoms. The zero-order chi connectivity index (χ0) is 13.3. The molecule has 0 saturated carbocycles. The largest absolute Gasteiger partial charge is 0.403 e. The lowest BCUT2D eigenvalue weighted by Gasteiger charge is -2.32. The number of rotatable bonds is 2. The second kappa shape index (κ2) is 4.91. The van der Waals surface area contributed by atoms with E-state index in [0.717, 1.165) is 17.8 Å². The highest BCUT2D eigenvalue weighted by molar-refractivity contribution is 5.10. The SMILES string of the molecule is Cc1cc(CC2CCCC(C(F)(F)F)N2)n(C)n1. The number of hydrogen-bond acceptors (Lipinski definition) is 2. The first-order valence-corrected chi connectivity index (χ1v) is 6.18. The fourth-order valence-corrected chi connectivity index (χ4v) is 2.55. The lowest BCUT2D eigenvalue weighted by atomic mass is 9.95. The zero-order valence-corrected chi connectivity index (χ0v) is 10.6. The summed E-state index contributed by atoms with van der Waals surface area (Å²) in [7, 11) is 1.83. The molecule has 0 aromatic carbocycles. The minimum absolute atomic E-state index is 0.111. The Morgan fingerprint density at radius 1 is 1.44 bits per heavy atom. The quantitative estimate of drug-likeness (QED) is 0.885. The molecule has 0 aliphatic carbocycles. The highest BCUT2D eigenvalue weighted by Gasteiger charge is 2.41. The Morgan fingerprint density at radius 2 is 2.17 bits per heavy atom. The van der Waals surface area contributed by atoms with Gasteiger partial charge < -0.3 is 5.32 Å². The van der Waals surface area contributed by atoms with Crippen molar-refractivity contribution in [3.05, 3.63) is 17.5 Å². The summed E-state index contributed by atoms with van der Waals surface area (Å²) in [5, 5.41) is 6.92. The summed E-state index contributed by atoms with van der Waals surface area (Å²) in [5.74, 6) is 0. The van der Waals surface area contributed by atoms with E-state index in [1.54, 1.807) is 4.68 Å². The van der Waals surface area contributed by atoms with Crippen molar-refractivity contribution >= 4 is 0 Å². The normalized spacial score (nSPS) is 25.4. The highest BCUT2D eigenvalue weighted by Crippen LogP contribution is 2.28. The van der Waals surface area contributed by atoms with E-state index in [4.69, 9.17) is 0 Å². The molecule has 0 bridgehead atoms. The number of alkyl halides is 3. The van der Waals surface area contributed by atoms with Gasteiger partial charge in [-0.2, -0.15) is 18.3 Å². The maximum atomic E-state index is 12.7. The van der Waals surface area contributed by atoms with Crippen molar-refractivity contribution in [2.75, 3.05) is 0 Å². The van der Waals surface area contributed by atoms with Gasteiger partial charge in [-0.05, 0) is 32.3 Å². The average molecular weight is 261 g/mol. The summed E-state index contributed by atoms with van der Waals surface area (Å²) in [4.78, 5) is 0. The maximum absolute atomic E-state index is 12.7. The molecule has 2 unspecified atom stereocenters. The lowest BCUT2D eigenvalue weighted by Crippen LogP contribution is -2.51. The third-order valence-corrected chi connectivity index (χ3v) is 3.43. The van der Waals surface area contributed by atoms with Gasteiger partial charge in [-0.3, -0.25) is 4.68 Å². The fourth-order valence-electron chi connectivity index (χ4n) is 2.55. The van der Waals surface area contributed by atoms with E-state index < -0.39 is 12.2 Å². The molecule has 3 nitrogen and oxygen atoms in total. The molecule has 0 amide bonds. The topological polar surface area (TPSA) is 29.9 Å². The Labute approximate surface area is 104 Å². The van der Waals surface area contributed by atoms with Crippen LogP contribution < -0.4 is 5.32 Å². The maximum Gasteiger partial charge on any atom is 0.403 e. The predicted molar refractivity (Wildman–Crippen MR) is 62.3 cm³/mol. The van der Waals surface area contributed by atoms with Gasteiger partial charge in [0.25, 0.3) is 0 Å². The van der Waals surface area contributed by atoms with Crippen molar-refractivity contribution in [3.8, 4) is 0 Å². The van der Waals surface area contributed by atoms with Gasteiger partial charge in [0.1, 0.15) is 6.04 Å². The van der Waals surface area contributed by atoms with Gasteiger partial charge >= 0.3 is 6.18 Å². The molecule has 102 valence electrons. The lowest BCUT2D eigenvalue weighted by molar-refractivity contribution is -0.163.